The van der Waals surface area contributed by atoms with Crippen LogP contribution in [-0.2, 0) is 84.6 Å². The summed E-state index contributed by atoms with van der Waals surface area (Å²) in [7, 11) is 14.7. The zero-order chi connectivity index (χ0) is 105. The van der Waals surface area contributed by atoms with Crippen LogP contribution in [-0.4, -0.2) is 216 Å². The molecule has 6 rings (SSSR count). The summed E-state index contributed by atoms with van der Waals surface area (Å²) in [4.78, 5) is 130. The van der Waals surface area contributed by atoms with E-state index in [0.29, 0.717) is 74.3 Å². The van der Waals surface area contributed by atoms with Gasteiger partial charge in [-0.15, -0.1) is 0 Å². The molecule has 0 aliphatic heterocycles. The van der Waals surface area contributed by atoms with Crippen molar-refractivity contribution in [3.63, 3.8) is 0 Å². The van der Waals surface area contributed by atoms with Gasteiger partial charge in [0.25, 0.3) is 0 Å². The Hall–Kier alpha value is -8.86. The minimum atomic E-state index is -0.515. The molecule has 0 saturated heterocycles. The Balaban J connectivity index is -0.000000507. The molecule has 0 spiro atoms. The van der Waals surface area contributed by atoms with Gasteiger partial charge in [0.15, 0.2) is 17.3 Å². The predicted molar refractivity (Wildman–Crippen MR) is 543 cm³/mol. The van der Waals surface area contributed by atoms with E-state index in [0.717, 1.165) is 93.3 Å². The molecule has 0 amide bonds. The lowest BCUT2D eigenvalue weighted by atomic mass is 9.91. The Labute approximate surface area is 863 Å². The molecule has 0 atom stereocenters. The van der Waals surface area contributed by atoms with Crippen LogP contribution in [0.3, 0.4) is 0 Å². The SMILES string of the molecule is CCC(C)(C)C(=O)OC(C)C.CCC(C)(C)C(=O)OC(C)C.CCC(C)(C)C(=O)OCCO.CCC(C)(C)C(=O)OCCO.CCC(C)(C)C(=O)OCC[N+](C)(C)C.CCC(C)(C)C(=O)OCC[N+](C)(C)Cc1ccc(C(=O)c2ccccc2)cc1.CCC(C)(C)C(=O)OCC[N+](C)(C)Cc1ccc(C(=O)c2ccccc2)cc1.CCC(C)(C)C(=O)Oc1ccc(C(=O)c2ccccc2)cc1.[Br-].[Br-].[Cl-]. The fraction of sp³-hybridized carbons (Fsp3) is 0.580. The van der Waals surface area contributed by atoms with Gasteiger partial charge in [0.2, 0.25) is 0 Å². The molecule has 27 heteroatoms. The van der Waals surface area contributed by atoms with E-state index in [2.05, 4.69) is 49.3 Å². The van der Waals surface area contributed by atoms with Gasteiger partial charge < -0.3 is 108 Å². The lowest BCUT2D eigenvalue weighted by Gasteiger charge is -2.30. The van der Waals surface area contributed by atoms with Crippen molar-refractivity contribution in [1.82, 2.24) is 0 Å². The molecular formula is C112H176Br2ClN3O21. The van der Waals surface area contributed by atoms with Gasteiger partial charge >= 0.3 is 47.8 Å². The number of likely N-dealkylation sites (N-methyl/N-ethyl adjacent to an activating group) is 3. The molecule has 139 heavy (non-hydrogen) atoms. The molecular weight excluding hydrogens is 1920 g/mol. The molecule has 0 aliphatic carbocycles. The molecule has 6 aromatic rings. The molecule has 0 unspecified atom stereocenters. The van der Waals surface area contributed by atoms with Crippen LogP contribution in [0, 0.1) is 43.3 Å². The number of carbonyl (C=O) groups excluding carboxylic acids is 11. The Morgan fingerprint density at radius 1 is 0.273 bits per heavy atom. The highest BCUT2D eigenvalue weighted by Gasteiger charge is 2.35. The minimum Gasteiger partial charge on any atom is -1.00 e. The van der Waals surface area contributed by atoms with E-state index in [1.54, 1.807) is 36.4 Å². The number of ketones is 3. The van der Waals surface area contributed by atoms with Crippen LogP contribution in [0.25, 0.3) is 0 Å². The van der Waals surface area contributed by atoms with Crippen molar-refractivity contribution in [3.8, 4) is 5.75 Å². The van der Waals surface area contributed by atoms with Crippen LogP contribution in [0.15, 0.2) is 164 Å². The summed E-state index contributed by atoms with van der Waals surface area (Å²) in [6.07, 6.45) is 6.16. The van der Waals surface area contributed by atoms with Crippen molar-refractivity contribution < 1.29 is 161 Å². The largest absolute Gasteiger partial charge is 1.00 e. The number of nitrogens with zero attached hydrogens (tertiary/aromatic N) is 3. The van der Waals surface area contributed by atoms with Crippen molar-refractivity contribution in [2.45, 2.75) is 271 Å². The predicted octanol–water partition coefficient (Wildman–Crippen LogP) is 12.6. The van der Waals surface area contributed by atoms with Crippen LogP contribution in [0.1, 0.15) is 304 Å². The first kappa shape index (κ1) is 139. The second kappa shape index (κ2) is 66.8. The van der Waals surface area contributed by atoms with Gasteiger partial charge in [-0.1, -0.05) is 195 Å². The Kier molecular flexibility index (Phi) is 66.6. The quantitative estimate of drug-likeness (QED) is 0.0118. The first-order valence-corrected chi connectivity index (χ1v) is 48.0. The molecule has 0 aromatic heterocycles. The van der Waals surface area contributed by atoms with E-state index in [4.69, 9.17) is 48.1 Å². The summed E-state index contributed by atoms with van der Waals surface area (Å²) >= 11 is 0. The second-order valence-electron chi connectivity index (χ2n) is 42.0. The van der Waals surface area contributed by atoms with Gasteiger partial charge in [0.1, 0.15) is 71.5 Å². The second-order valence-corrected chi connectivity index (χ2v) is 42.0. The van der Waals surface area contributed by atoms with Crippen molar-refractivity contribution >= 4 is 65.1 Å². The van der Waals surface area contributed by atoms with Gasteiger partial charge in [-0.25, -0.2) is 0 Å². The first-order chi connectivity index (χ1) is 62.8. The maximum atomic E-state index is 12.5. The van der Waals surface area contributed by atoms with Crippen molar-refractivity contribution in [3.05, 3.63) is 208 Å². The molecule has 24 nitrogen and oxygen atoms in total. The van der Waals surface area contributed by atoms with Crippen LogP contribution in [0.2, 0.25) is 0 Å². The fourth-order valence-electron chi connectivity index (χ4n) is 10.2. The van der Waals surface area contributed by atoms with E-state index in [1.165, 1.54) is 0 Å². The van der Waals surface area contributed by atoms with E-state index in [-0.39, 0.29) is 166 Å². The standard InChI is InChI=1S/2C24H32NO3.C19H20O3.C11H24NO2.2C9H18O2.2C8H16O3.2BrH.ClH/c2*1-6-24(2,3)23(27)28-17-16-25(4,5)18-19-12-14-21(15-13-19)22(26)20-10-8-7-9-11-20;1-4-19(2,3)18(21)22-16-12-10-15(11-13-16)17(20)14-8-6-5-7-9-14;1-7-11(2,3)10(13)14-9-8-12(4,5)6;2*1-6-9(4,5)8(10)11-7(2)3;2*1-4-8(2,3)7(10)11-6-5-9;;;/h2*7-15H,6,16-18H2,1-5H3;5-13H,4H2,1-3H3;7-9H2,1-6H3;2*7H,6H2,1-5H3;2*9H,4-6H2,1-3H3;3*1H/q2*+1;;+1;;;;;;;/p-3. The Morgan fingerprint density at radius 2 is 0.468 bits per heavy atom. The van der Waals surface area contributed by atoms with Crippen molar-refractivity contribution in [1.29, 1.82) is 0 Å². The Morgan fingerprint density at radius 3 is 0.676 bits per heavy atom. The smallest absolute Gasteiger partial charge is 0.316 e. The summed E-state index contributed by atoms with van der Waals surface area (Å²) in [5.41, 5.74) is 3.06. The summed E-state index contributed by atoms with van der Waals surface area (Å²) in [5.74, 6) is -0.850. The highest BCUT2D eigenvalue weighted by molar-refractivity contribution is 6.10. The number of hydrogen-bond donors (Lipinski definition) is 2. The van der Waals surface area contributed by atoms with E-state index < -0.39 is 27.1 Å². The summed E-state index contributed by atoms with van der Waals surface area (Å²) in [6.45, 7) is 58.5. The molecule has 0 fully saturated rings. The third-order valence-electron chi connectivity index (χ3n) is 23.8. The fourth-order valence-corrected chi connectivity index (χ4v) is 10.2. The number of ether oxygens (including phenoxy) is 8. The lowest BCUT2D eigenvalue weighted by Crippen LogP contribution is -3.00. The summed E-state index contributed by atoms with van der Waals surface area (Å²) in [5, 5.41) is 16.8. The number of aliphatic hydroxyl groups is 2. The van der Waals surface area contributed by atoms with E-state index in [9.17, 15) is 52.7 Å². The van der Waals surface area contributed by atoms with Crippen LogP contribution in [0.5, 0.6) is 5.75 Å². The third-order valence-corrected chi connectivity index (χ3v) is 23.8. The van der Waals surface area contributed by atoms with Gasteiger partial charge in [-0.2, -0.15) is 0 Å². The number of rotatable bonds is 42. The molecule has 0 heterocycles. The average molecular weight is 2100 g/mol. The number of hydrogen-bond acceptors (Lipinski definition) is 21. The van der Waals surface area contributed by atoms with Crippen LogP contribution in [0.4, 0.5) is 0 Å². The average Bonchev–Trinajstić information content (AvgIpc) is 0.843. The maximum absolute atomic E-state index is 12.5. The first-order valence-electron chi connectivity index (χ1n) is 48.0. The molecule has 0 radical (unpaired) electrons. The third kappa shape index (κ3) is 56.5. The van der Waals surface area contributed by atoms with Gasteiger partial charge in [-0.3, -0.25) is 52.7 Å². The number of quaternary nitrogens is 3. The molecule has 786 valence electrons. The number of benzene rings is 6. The van der Waals surface area contributed by atoms with Crippen molar-refractivity contribution in [2.24, 2.45) is 43.3 Å². The highest BCUT2D eigenvalue weighted by atomic mass is 79.9. The number of halogens is 3. The van der Waals surface area contributed by atoms with Crippen LogP contribution < -0.4 is 51.1 Å². The lowest BCUT2D eigenvalue weighted by molar-refractivity contribution is -0.903. The monoisotopic (exact) mass is 2090 g/mol. The molecule has 0 saturated carbocycles. The van der Waals surface area contributed by atoms with Gasteiger partial charge in [-0.05, 0) is 214 Å². The summed E-state index contributed by atoms with van der Waals surface area (Å²) < 4.78 is 43.4. The molecule has 2 N–H and O–H groups in total. The number of aliphatic hydroxyl groups excluding tert-OH is 2. The number of esters is 8. The maximum Gasteiger partial charge on any atom is 0.316 e. The molecule has 0 bridgehead atoms. The number of carbonyl (C=O) groups is 11. The zero-order valence-corrected chi connectivity index (χ0v) is 94.9. The van der Waals surface area contributed by atoms with E-state index in [1.807, 2.05) is 321 Å². The minimum absolute atomic E-state index is 0. The molecule has 6 aromatic carbocycles. The topological polar surface area (TPSA) is 302 Å². The zero-order valence-electron chi connectivity index (χ0n) is 91.0. The molecule has 0 aliphatic rings. The Bertz CT molecular complexity index is 4340. The van der Waals surface area contributed by atoms with Gasteiger partial charge in [0, 0.05) is 44.5 Å². The van der Waals surface area contributed by atoms with Gasteiger partial charge in [0.05, 0.1) is 118 Å². The summed E-state index contributed by atoms with van der Waals surface area (Å²) in [6, 6.07) is 49.9. The highest BCUT2D eigenvalue weighted by Crippen LogP contribution is 2.30. The van der Waals surface area contributed by atoms with E-state index >= 15 is 0 Å². The normalized spacial score (nSPS) is 11.5. The van der Waals surface area contributed by atoms with Crippen LogP contribution >= 0.6 is 0 Å². The van der Waals surface area contributed by atoms with Crippen molar-refractivity contribution in [2.75, 3.05) is 115 Å².